The summed E-state index contributed by atoms with van der Waals surface area (Å²) in [6, 6.07) is 17.8. The average molecular weight is 394 g/mol. The van der Waals surface area contributed by atoms with Crippen LogP contribution in [0.25, 0.3) is 0 Å². The van der Waals surface area contributed by atoms with E-state index in [1.165, 1.54) is 5.56 Å². The zero-order valence-corrected chi connectivity index (χ0v) is 17.6. The SMILES string of the molecule is CC(=O)c1cccc([C@]2(C)CCN(C[C@H](Cc3ccccc3)C(=O)O)C[C@@H]2C)c1. The second kappa shape index (κ2) is 8.91. The molecule has 0 aliphatic carbocycles. The quantitative estimate of drug-likeness (QED) is 0.707. The molecule has 1 aliphatic heterocycles. The smallest absolute Gasteiger partial charge is 0.308 e. The summed E-state index contributed by atoms with van der Waals surface area (Å²) in [6.45, 7) is 8.40. The molecule has 1 saturated heterocycles. The Morgan fingerprint density at radius 1 is 1.17 bits per heavy atom. The molecule has 2 aromatic carbocycles. The van der Waals surface area contributed by atoms with Gasteiger partial charge in [-0.05, 0) is 54.8 Å². The van der Waals surface area contributed by atoms with Crippen LogP contribution < -0.4 is 0 Å². The predicted octanol–water partition coefficient (Wildman–Crippen LogP) is 4.43. The fourth-order valence-corrected chi connectivity index (χ4v) is 4.45. The molecular weight excluding hydrogens is 362 g/mol. The number of carboxylic acid groups (broad SMARTS) is 1. The number of carbonyl (C=O) groups is 2. The van der Waals surface area contributed by atoms with Gasteiger partial charge in [-0.3, -0.25) is 9.59 Å². The van der Waals surface area contributed by atoms with Gasteiger partial charge in [0.05, 0.1) is 5.92 Å². The van der Waals surface area contributed by atoms with E-state index in [1.54, 1.807) is 6.92 Å². The summed E-state index contributed by atoms with van der Waals surface area (Å²) in [7, 11) is 0. The molecule has 2 aromatic rings. The minimum atomic E-state index is -0.732. The summed E-state index contributed by atoms with van der Waals surface area (Å²) >= 11 is 0. The molecular formula is C25H31NO3. The van der Waals surface area contributed by atoms with Crippen LogP contribution >= 0.6 is 0 Å². The van der Waals surface area contributed by atoms with Gasteiger partial charge < -0.3 is 10.0 Å². The number of carboxylic acids is 1. The Bertz CT molecular complexity index is 863. The van der Waals surface area contributed by atoms with Crippen LogP contribution in [0.1, 0.15) is 48.7 Å². The maximum absolute atomic E-state index is 11.9. The van der Waals surface area contributed by atoms with Crippen molar-refractivity contribution in [3.05, 3.63) is 71.3 Å². The summed E-state index contributed by atoms with van der Waals surface area (Å²) in [4.78, 5) is 25.9. The van der Waals surface area contributed by atoms with Crippen molar-refractivity contribution in [3.63, 3.8) is 0 Å². The lowest BCUT2D eigenvalue weighted by atomic mass is 9.67. The molecule has 1 N–H and O–H groups in total. The molecule has 29 heavy (non-hydrogen) atoms. The van der Waals surface area contributed by atoms with Gasteiger partial charge in [0, 0.05) is 18.7 Å². The zero-order valence-electron chi connectivity index (χ0n) is 17.6. The third-order valence-electron chi connectivity index (χ3n) is 6.65. The van der Waals surface area contributed by atoms with Gasteiger partial charge in [-0.1, -0.05) is 62.4 Å². The molecule has 154 valence electrons. The molecule has 3 rings (SSSR count). The van der Waals surface area contributed by atoms with Gasteiger partial charge >= 0.3 is 5.97 Å². The standard InChI is InChI=1S/C25H31NO3/c1-18-16-26(17-22(24(28)29)14-20-8-5-4-6-9-20)13-12-25(18,3)23-11-7-10-21(15-23)19(2)27/h4-11,15,18,22H,12-14,16-17H2,1-3H3,(H,28,29)/t18-,22-,25+/m0/s1. The number of benzene rings is 2. The summed E-state index contributed by atoms with van der Waals surface area (Å²) in [5.74, 6) is -0.686. The summed E-state index contributed by atoms with van der Waals surface area (Å²) in [6.07, 6.45) is 1.51. The molecule has 0 aromatic heterocycles. The number of carbonyl (C=O) groups excluding carboxylic acids is 1. The van der Waals surface area contributed by atoms with E-state index >= 15 is 0 Å². The molecule has 4 nitrogen and oxygen atoms in total. The van der Waals surface area contributed by atoms with E-state index in [2.05, 4.69) is 24.8 Å². The largest absolute Gasteiger partial charge is 0.481 e. The van der Waals surface area contributed by atoms with Crippen LogP contribution in [0.2, 0.25) is 0 Å². The van der Waals surface area contributed by atoms with Crippen molar-refractivity contribution in [1.82, 2.24) is 4.90 Å². The van der Waals surface area contributed by atoms with Gasteiger partial charge in [0.2, 0.25) is 0 Å². The van der Waals surface area contributed by atoms with Crippen LogP contribution in [0.15, 0.2) is 54.6 Å². The second-order valence-corrected chi connectivity index (χ2v) is 8.69. The minimum Gasteiger partial charge on any atom is -0.481 e. The highest BCUT2D eigenvalue weighted by atomic mass is 16.4. The fourth-order valence-electron chi connectivity index (χ4n) is 4.45. The molecule has 4 heteroatoms. The fraction of sp³-hybridized carbons (Fsp3) is 0.440. The van der Waals surface area contributed by atoms with Crippen molar-refractivity contribution in [2.75, 3.05) is 19.6 Å². The van der Waals surface area contributed by atoms with Gasteiger partial charge in [0.15, 0.2) is 5.78 Å². The van der Waals surface area contributed by atoms with E-state index in [-0.39, 0.29) is 11.2 Å². The normalized spacial score (nSPS) is 23.5. The van der Waals surface area contributed by atoms with Crippen molar-refractivity contribution in [1.29, 1.82) is 0 Å². The zero-order chi connectivity index (χ0) is 21.0. The molecule has 0 radical (unpaired) electrons. The number of aliphatic carboxylic acids is 1. The highest BCUT2D eigenvalue weighted by Crippen LogP contribution is 2.39. The van der Waals surface area contributed by atoms with Crippen LogP contribution in [0.4, 0.5) is 0 Å². The molecule has 1 heterocycles. The third-order valence-corrected chi connectivity index (χ3v) is 6.65. The van der Waals surface area contributed by atoms with E-state index in [0.29, 0.717) is 18.9 Å². The van der Waals surface area contributed by atoms with Gasteiger partial charge in [-0.25, -0.2) is 0 Å². The van der Waals surface area contributed by atoms with Crippen molar-refractivity contribution >= 4 is 11.8 Å². The Balaban J connectivity index is 1.69. The van der Waals surface area contributed by atoms with Gasteiger partial charge in [-0.2, -0.15) is 0 Å². The average Bonchev–Trinajstić information content (AvgIpc) is 2.71. The van der Waals surface area contributed by atoms with Gasteiger partial charge in [-0.15, -0.1) is 0 Å². The van der Waals surface area contributed by atoms with Crippen molar-refractivity contribution in [2.45, 2.75) is 39.0 Å². The number of rotatable bonds is 7. The van der Waals surface area contributed by atoms with Crippen molar-refractivity contribution < 1.29 is 14.7 Å². The Morgan fingerprint density at radius 2 is 1.90 bits per heavy atom. The minimum absolute atomic E-state index is 0.0138. The first kappa shape index (κ1) is 21.3. The molecule has 1 fully saturated rings. The number of nitrogens with zero attached hydrogens (tertiary/aromatic N) is 1. The second-order valence-electron chi connectivity index (χ2n) is 8.69. The third kappa shape index (κ3) is 4.94. The highest BCUT2D eigenvalue weighted by molar-refractivity contribution is 5.94. The lowest BCUT2D eigenvalue weighted by Crippen LogP contribution is -2.49. The van der Waals surface area contributed by atoms with Crippen LogP contribution in [0.3, 0.4) is 0 Å². The Morgan fingerprint density at radius 3 is 2.52 bits per heavy atom. The number of ketones is 1. The highest BCUT2D eigenvalue weighted by Gasteiger charge is 2.39. The maximum Gasteiger partial charge on any atom is 0.308 e. The molecule has 0 saturated carbocycles. The molecule has 3 atom stereocenters. The van der Waals surface area contributed by atoms with E-state index in [1.807, 2.05) is 48.5 Å². The van der Waals surface area contributed by atoms with E-state index < -0.39 is 11.9 Å². The molecule has 1 aliphatic rings. The van der Waals surface area contributed by atoms with Crippen LogP contribution in [-0.2, 0) is 16.6 Å². The summed E-state index contributed by atoms with van der Waals surface area (Å²) in [5, 5.41) is 9.74. The topological polar surface area (TPSA) is 57.6 Å². The first-order valence-electron chi connectivity index (χ1n) is 10.4. The molecule has 0 bridgehead atoms. The van der Waals surface area contributed by atoms with E-state index in [9.17, 15) is 14.7 Å². The first-order valence-corrected chi connectivity index (χ1v) is 10.4. The number of hydrogen-bond acceptors (Lipinski definition) is 3. The maximum atomic E-state index is 11.9. The molecule has 0 spiro atoms. The first-order chi connectivity index (χ1) is 13.8. The number of piperidine rings is 1. The van der Waals surface area contributed by atoms with Crippen molar-refractivity contribution in [3.8, 4) is 0 Å². The van der Waals surface area contributed by atoms with Crippen LogP contribution in [0.5, 0.6) is 0 Å². The predicted molar refractivity (Wildman–Crippen MR) is 115 cm³/mol. The summed E-state index contributed by atoms with van der Waals surface area (Å²) in [5.41, 5.74) is 3.01. The number of Topliss-reactive ketones (excluding diaryl/α,β-unsaturated/α-hetero) is 1. The van der Waals surface area contributed by atoms with Crippen LogP contribution in [-0.4, -0.2) is 41.4 Å². The lowest BCUT2D eigenvalue weighted by Gasteiger charge is -2.45. The van der Waals surface area contributed by atoms with Gasteiger partial charge in [0.25, 0.3) is 0 Å². The number of hydrogen-bond donors (Lipinski definition) is 1. The van der Waals surface area contributed by atoms with Crippen molar-refractivity contribution in [2.24, 2.45) is 11.8 Å². The van der Waals surface area contributed by atoms with Gasteiger partial charge in [0.1, 0.15) is 0 Å². The Labute approximate surface area is 173 Å². The van der Waals surface area contributed by atoms with Crippen LogP contribution in [0, 0.1) is 11.8 Å². The Hall–Kier alpha value is -2.46. The monoisotopic (exact) mass is 393 g/mol. The Kier molecular flexibility index (Phi) is 6.53. The lowest BCUT2D eigenvalue weighted by molar-refractivity contribution is -0.142. The summed E-state index contributed by atoms with van der Waals surface area (Å²) < 4.78 is 0. The number of likely N-dealkylation sites (tertiary alicyclic amines) is 1. The molecule has 0 unspecified atom stereocenters. The molecule has 0 amide bonds. The van der Waals surface area contributed by atoms with E-state index in [4.69, 9.17) is 0 Å². The van der Waals surface area contributed by atoms with E-state index in [0.717, 1.165) is 30.6 Å².